The Hall–Kier alpha value is -0.0800. The predicted octanol–water partition coefficient (Wildman–Crippen LogP) is 1.76. The van der Waals surface area contributed by atoms with Crippen molar-refractivity contribution in [2.45, 2.75) is 39.3 Å². The molecule has 0 aromatic carbocycles. The summed E-state index contributed by atoms with van der Waals surface area (Å²) in [7, 11) is 0. The largest absolute Gasteiger partial charge is 0.362 e. The van der Waals surface area contributed by atoms with E-state index in [2.05, 4.69) is 19.2 Å². The van der Waals surface area contributed by atoms with Crippen LogP contribution in [0.4, 0.5) is 0 Å². The van der Waals surface area contributed by atoms with Gasteiger partial charge >= 0.3 is 0 Å². The summed E-state index contributed by atoms with van der Waals surface area (Å²) in [5.74, 6) is 0.848. The third kappa shape index (κ3) is 3.21. The van der Waals surface area contributed by atoms with Crippen LogP contribution in [0.1, 0.15) is 33.1 Å². The van der Waals surface area contributed by atoms with Gasteiger partial charge in [0.2, 0.25) is 0 Å². The molecular formula is C9H19NO. The number of hydrogen-bond acceptors (Lipinski definition) is 2. The van der Waals surface area contributed by atoms with E-state index >= 15 is 0 Å². The Morgan fingerprint density at radius 3 is 3.00 bits per heavy atom. The van der Waals surface area contributed by atoms with Crippen LogP contribution in [0.25, 0.3) is 0 Å². The minimum absolute atomic E-state index is 0.351. The van der Waals surface area contributed by atoms with Crippen molar-refractivity contribution in [3.05, 3.63) is 0 Å². The molecule has 0 spiro atoms. The van der Waals surface area contributed by atoms with Crippen molar-refractivity contribution < 1.29 is 4.74 Å². The van der Waals surface area contributed by atoms with E-state index in [1.165, 1.54) is 19.3 Å². The number of hydrogen-bond donors (Lipinski definition) is 1. The molecule has 66 valence electrons. The quantitative estimate of drug-likeness (QED) is 0.671. The van der Waals surface area contributed by atoms with Crippen LogP contribution in [0, 0.1) is 5.92 Å². The molecular weight excluding hydrogens is 138 g/mol. The zero-order valence-electron chi connectivity index (χ0n) is 7.60. The highest BCUT2D eigenvalue weighted by molar-refractivity contribution is 4.64. The summed E-state index contributed by atoms with van der Waals surface area (Å²) in [6.45, 7) is 6.47. The summed E-state index contributed by atoms with van der Waals surface area (Å²) < 4.78 is 5.44. The third-order valence-electron chi connectivity index (χ3n) is 2.41. The Morgan fingerprint density at radius 1 is 1.64 bits per heavy atom. The van der Waals surface area contributed by atoms with Crippen molar-refractivity contribution in [2.24, 2.45) is 5.92 Å². The normalized spacial score (nSPS) is 27.3. The van der Waals surface area contributed by atoms with Gasteiger partial charge in [-0.1, -0.05) is 20.3 Å². The summed E-state index contributed by atoms with van der Waals surface area (Å²) in [5.41, 5.74) is 0. The average Bonchev–Trinajstić information content (AvgIpc) is 2.52. The van der Waals surface area contributed by atoms with Gasteiger partial charge in [-0.05, 0) is 18.8 Å². The van der Waals surface area contributed by atoms with Crippen molar-refractivity contribution in [2.75, 3.05) is 13.2 Å². The van der Waals surface area contributed by atoms with E-state index in [0.717, 1.165) is 19.1 Å². The van der Waals surface area contributed by atoms with Gasteiger partial charge in [0.1, 0.15) is 6.23 Å². The molecule has 11 heavy (non-hydrogen) atoms. The predicted molar refractivity (Wildman–Crippen MR) is 46.4 cm³/mol. The summed E-state index contributed by atoms with van der Waals surface area (Å²) in [6, 6.07) is 0. The minimum Gasteiger partial charge on any atom is -0.362 e. The SMILES string of the molecule is CCC(C)CCC1NCCO1. The maximum Gasteiger partial charge on any atom is 0.108 e. The Balaban J connectivity index is 2.01. The lowest BCUT2D eigenvalue weighted by molar-refractivity contribution is 0.0887. The molecule has 0 saturated carbocycles. The maximum atomic E-state index is 5.44. The first kappa shape index (κ1) is 9.01. The van der Waals surface area contributed by atoms with E-state index in [9.17, 15) is 0 Å². The van der Waals surface area contributed by atoms with E-state index < -0.39 is 0 Å². The Labute approximate surface area is 69.3 Å². The molecule has 0 aliphatic carbocycles. The molecule has 1 N–H and O–H groups in total. The number of rotatable bonds is 4. The van der Waals surface area contributed by atoms with Gasteiger partial charge in [0, 0.05) is 6.54 Å². The Kier molecular flexibility index (Phi) is 3.87. The first-order valence-electron chi connectivity index (χ1n) is 4.68. The van der Waals surface area contributed by atoms with E-state index in [1.807, 2.05) is 0 Å². The van der Waals surface area contributed by atoms with Crippen molar-refractivity contribution in [1.29, 1.82) is 0 Å². The molecule has 2 atom stereocenters. The van der Waals surface area contributed by atoms with E-state index in [-0.39, 0.29) is 0 Å². The standard InChI is InChI=1S/C9H19NO/c1-3-8(2)4-5-9-10-6-7-11-9/h8-10H,3-7H2,1-2H3. The lowest BCUT2D eigenvalue weighted by Crippen LogP contribution is -2.22. The minimum atomic E-state index is 0.351. The summed E-state index contributed by atoms with van der Waals surface area (Å²) >= 11 is 0. The fourth-order valence-electron chi connectivity index (χ4n) is 1.31. The van der Waals surface area contributed by atoms with Gasteiger partial charge in [-0.2, -0.15) is 0 Å². The molecule has 1 rings (SSSR count). The molecule has 0 amide bonds. The van der Waals surface area contributed by atoms with Gasteiger partial charge in [-0.3, -0.25) is 5.32 Å². The first-order chi connectivity index (χ1) is 5.33. The van der Waals surface area contributed by atoms with E-state index in [1.54, 1.807) is 0 Å². The average molecular weight is 157 g/mol. The van der Waals surface area contributed by atoms with Gasteiger partial charge in [0.25, 0.3) is 0 Å². The molecule has 1 heterocycles. The fourth-order valence-corrected chi connectivity index (χ4v) is 1.31. The molecule has 0 bridgehead atoms. The molecule has 1 saturated heterocycles. The van der Waals surface area contributed by atoms with Crippen LogP contribution >= 0.6 is 0 Å². The van der Waals surface area contributed by atoms with Crippen molar-refractivity contribution in [3.8, 4) is 0 Å². The van der Waals surface area contributed by atoms with Crippen LogP contribution in [0.3, 0.4) is 0 Å². The van der Waals surface area contributed by atoms with Crippen LogP contribution in [0.15, 0.2) is 0 Å². The Bertz CT molecular complexity index is 99.7. The summed E-state index contributed by atoms with van der Waals surface area (Å²) in [4.78, 5) is 0. The highest BCUT2D eigenvalue weighted by Crippen LogP contribution is 2.13. The molecule has 1 aliphatic rings. The van der Waals surface area contributed by atoms with E-state index in [0.29, 0.717) is 6.23 Å². The van der Waals surface area contributed by atoms with Crippen molar-refractivity contribution in [1.82, 2.24) is 5.32 Å². The van der Waals surface area contributed by atoms with Crippen molar-refractivity contribution >= 4 is 0 Å². The second kappa shape index (κ2) is 4.73. The second-order valence-corrected chi connectivity index (χ2v) is 3.40. The fraction of sp³-hybridized carbons (Fsp3) is 1.00. The molecule has 1 aliphatic heterocycles. The topological polar surface area (TPSA) is 21.3 Å². The van der Waals surface area contributed by atoms with Gasteiger partial charge in [-0.15, -0.1) is 0 Å². The van der Waals surface area contributed by atoms with Crippen LogP contribution in [0.2, 0.25) is 0 Å². The lowest BCUT2D eigenvalue weighted by Gasteiger charge is -2.12. The van der Waals surface area contributed by atoms with Crippen LogP contribution in [-0.4, -0.2) is 19.4 Å². The Morgan fingerprint density at radius 2 is 2.45 bits per heavy atom. The maximum absolute atomic E-state index is 5.44. The van der Waals surface area contributed by atoms with Gasteiger partial charge in [0.15, 0.2) is 0 Å². The molecule has 2 nitrogen and oxygen atoms in total. The second-order valence-electron chi connectivity index (χ2n) is 3.40. The van der Waals surface area contributed by atoms with Crippen LogP contribution < -0.4 is 5.32 Å². The molecule has 0 radical (unpaired) electrons. The molecule has 2 unspecified atom stereocenters. The number of nitrogens with one attached hydrogen (secondary N) is 1. The van der Waals surface area contributed by atoms with Crippen LogP contribution in [0.5, 0.6) is 0 Å². The zero-order valence-corrected chi connectivity index (χ0v) is 7.60. The number of ether oxygens (including phenoxy) is 1. The summed E-state index contributed by atoms with van der Waals surface area (Å²) in [6.07, 6.45) is 4.10. The van der Waals surface area contributed by atoms with E-state index in [4.69, 9.17) is 4.74 Å². The smallest absolute Gasteiger partial charge is 0.108 e. The summed E-state index contributed by atoms with van der Waals surface area (Å²) in [5, 5.41) is 3.31. The molecule has 1 fully saturated rings. The first-order valence-corrected chi connectivity index (χ1v) is 4.68. The highest BCUT2D eigenvalue weighted by atomic mass is 16.5. The highest BCUT2D eigenvalue weighted by Gasteiger charge is 2.14. The van der Waals surface area contributed by atoms with Crippen LogP contribution in [-0.2, 0) is 4.74 Å². The third-order valence-corrected chi connectivity index (χ3v) is 2.41. The monoisotopic (exact) mass is 157 g/mol. The lowest BCUT2D eigenvalue weighted by atomic mass is 10.0. The van der Waals surface area contributed by atoms with Gasteiger partial charge in [0.05, 0.1) is 6.61 Å². The van der Waals surface area contributed by atoms with Crippen molar-refractivity contribution in [3.63, 3.8) is 0 Å². The van der Waals surface area contributed by atoms with Gasteiger partial charge in [-0.25, -0.2) is 0 Å². The zero-order chi connectivity index (χ0) is 8.10. The molecule has 0 aromatic heterocycles. The molecule has 0 aromatic rings. The van der Waals surface area contributed by atoms with Gasteiger partial charge < -0.3 is 4.74 Å². The molecule has 2 heteroatoms.